The van der Waals surface area contributed by atoms with Gasteiger partial charge in [0.25, 0.3) is 0 Å². The van der Waals surface area contributed by atoms with Crippen LogP contribution in [0.2, 0.25) is 0 Å². The van der Waals surface area contributed by atoms with Gasteiger partial charge in [0, 0.05) is 43.2 Å². The molecule has 0 spiro atoms. The molecule has 0 saturated carbocycles. The van der Waals surface area contributed by atoms with E-state index in [1.54, 1.807) is 0 Å². The lowest BCUT2D eigenvalue weighted by Crippen LogP contribution is -2.46. The highest BCUT2D eigenvalue weighted by Crippen LogP contribution is 2.31. The van der Waals surface area contributed by atoms with Crippen molar-refractivity contribution in [2.75, 3.05) is 36.4 Å². The number of amides is 1. The van der Waals surface area contributed by atoms with E-state index in [-0.39, 0.29) is 5.91 Å². The van der Waals surface area contributed by atoms with Gasteiger partial charge in [-0.05, 0) is 50.9 Å². The van der Waals surface area contributed by atoms with Crippen LogP contribution in [0.4, 0.5) is 10.8 Å². The third-order valence-corrected chi connectivity index (χ3v) is 6.31. The topological polar surface area (TPSA) is 61.4 Å². The molecule has 1 aromatic carbocycles. The summed E-state index contributed by atoms with van der Waals surface area (Å²) in [6.07, 6.45) is 6.51. The fourth-order valence-corrected chi connectivity index (χ4v) is 4.87. The molecule has 1 N–H and O–H groups in total. The fourth-order valence-electron chi connectivity index (χ4n) is 4.14. The molecule has 6 nitrogen and oxygen atoms in total. The number of hydrogen-bond donors (Lipinski definition) is 1. The average molecular weight is 386 g/mol. The predicted molar refractivity (Wildman–Crippen MR) is 110 cm³/mol. The Morgan fingerprint density at radius 1 is 1.11 bits per heavy atom. The van der Waals surface area contributed by atoms with E-state index in [4.69, 9.17) is 4.98 Å². The molecule has 7 heteroatoms. The number of carbonyl (C=O) groups is 1. The molecule has 2 aliphatic heterocycles. The Kier molecular flexibility index (Phi) is 5.69. The number of nitrogens with one attached hydrogen (secondary N) is 1. The Morgan fingerprint density at radius 3 is 2.59 bits per heavy atom. The number of carbonyl (C=O) groups excluding carboxylic acids is 1. The van der Waals surface area contributed by atoms with Gasteiger partial charge in [-0.15, -0.1) is 0 Å². The van der Waals surface area contributed by atoms with E-state index in [0.29, 0.717) is 5.82 Å². The summed E-state index contributed by atoms with van der Waals surface area (Å²) in [6, 6.07) is 8.44. The molecule has 2 aromatic rings. The number of benzene rings is 1. The summed E-state index contributed by atoms with van der Waals surface area (Å²) >= 11 is 1.45. The Morgan fingerprint density at radius 2 is 1.85 bits per heavy atom. The molecule has 0 atom stereocenters. The van der Waals surface area contributed by atoms with Gasteiger partial charge in [-0.25, -0.2) is 0 Å². The molecule has 3 heterocycles. The highest BCUT2D eigenvalue weighted by atomic mass is 32.1. The summed E-state index contributed by atoms with van der Waals surface area (Å²) in [4.78, 5) is 21.3. The van der Waals surface area contributed by atoms with Crippen LogP contribution in [0.3, 0.4) is 0 Å². The van der Waals surface area contributed by atoms with E-state index in [2.05, 4.69) is 19.5 Å². The summed E-state index contributed by atoms with van der Waals surface area (Å²) in [5.74, 6) is 0.607. The van der Waals surface area contributed by atoms with Crippen LogP contribution >= 0.6 is 11.5 Å². The van der Waals surface area contributed by atoms with Gasteiger partial charge in [0.1, 0.15) is 0 Å². The number of aromatic nitrogens is 2. The highest BCUT2D eigenvalue weighted by Gasteiger charge is 2.27. The monoisotopic (exact) mass is 385 g/mol. The molecule has 0 aliphatic carbocycles. The van der Waals surface area contributed by atoms with Gasteiger partial charge in [-0.3, -0.25) is 4.79 Å². The van der Waals surface area contributed by atoms with Gasteiger partial charge in [-0.1, -0.05) is 18.6 Å². The van der Waals surface area contributed by atoms with Crippen molar-refractivity contribution in [2.45, 2.75) is 45.1 Å². The highest BCUT2D eigenvalue weighted by molar-refractivity contribution is 7.09. The molecule has 2 fully saturated rings. The zero-order valence-electron chi connectivity index (χ0n) is 15.9. The zero-order chi connectivity index (χ0) is 18.6. The van der Waals surface area contributed by atoms with E-state index in [1.807, 2.05) is 24.3 Å². The second-order valence-corrected chi connectivity index (χ2v) is 8.17. The van der Waals surface area contributed by atoms with Crippen LogP contribution in [0, 0.1) is 0 Å². The third-order valence-electron chi connectivity index (χ3n) is 5.54. The number of hydrogen-bond acceptors (Lipinski definition) is 6. The van der Waals surface area contributed by atoms with Crippen molar-refractivity contribution in [3.63, 3.8) is 0 Å². The number of nitrogens with zero attached hydrogens (tertiary/aromatic N) is 4. The normalized spacial score (nSPS) is 19.2. The summed E-state index contributed by atoms with van der Waals surface area (Å²) < 4.78 is 4.57. The molecular formula is C20H27N5OS. The van der Waals surface area contributed by atoms with Crippen molar-refractivity contribution in [1.29, 1.82) is 0 Å². The first kappa shape index (κ1) is 18.4. The number of para-hydroxylation sites is 1. The van der Waals surface area contributed by atoms with E-state index in [9.17, 15) is 4.79 Å². The molecule has 27 heavy (non-hydrogen) atoms. The number of anilines is 2. The number of piperidine rings is 2. The van der Waals surface area contributed by atoms with E-state index >= 15 is 0 Å². The van der Waals surface area contributed by atoms with Crippen LogP contribution in [-0.4, -0.2) is 52.4 Å². The smallest absolute Gasteiger partial charge is 0.221 e. The first-order valence-corrected chi connectivity index (χ1v) is 10.7. The SMILES string of the molecule is CC(=O)Nc1ccccc1-c1nsc(N2CCC(N3CCCCC3)CC2)n1. The summed E-state index contributed by atoms with van der Waals surface area (Å²) in [5, 5.41) is 3.86. The maximum absolute atomic E-state index is 11.4. The molecule has 1 amide bonds. The molecule has 144 valence electrons. The van der Waals surface area contributed by atoms with Gasteiger partial charge < -0.3 is 15.1 Å². The summed E-state index contributed by atoms with van der Waals surface area (Å²) in [7, 11) is 0. The minimum Gasteiger partial charge on any atom is -0.347 e. The Bertz CT molecular complexity index is 778. The van der Waals surface area contributed by atoms with Gasteiger partial charge in [-0.2, -0.15) is 9.36 Å². The van der Waals surface area contributed by atoms with Gasteiger partial charge in [0.05, 0.1) is 5.69 Å². The number of rotatable bonds is 4. The Labute approximate surface area is 164 Å². The van der Waals surface area contributed by atoms with Crippen molar-refractivity contribution in [3.8, 4) is 11.4 Å². The van der Waals surface area contributed by atoms with E-state index in [0.717, 1.165) is 35.5 Å². The minimum atomic E-state index is -0.0855. The first-order chi connectivity index (χ1) is 13.2. The lowest BCUT2D eigenvalue weighted by atomic mass is 10.0. The maximum Gasteiger partial charge on any atom is 0.221 e. The van der Waals surface area contributed by atoms with Crippen LogP contribution in [0.15, 0.2) is 24.3 Å². The Hall–Kier alpha value is -1.99. The van der Waals surface area contributed by atoms with Crippen LogP contribution < -0.4 is 10.2 Å². The second-order valence-electron chi connectivity index (χ2n) is 7.44. The fraction of sp³-hybridized carbons (Fsp3) is 0.550. The molecule has 4 rings (SSSR count). The molecule has 2 aliphatic rings. The van der Waals surface area contributed by atoms with Gasteiger partial charge in [0.2, 0.25) is 11.0 Å². The summed E-state index contributed by atoms with van der Waals surface area (Å²) in [5.41, 5.74) is 1.64. The average Bonchev–Trinajstić information content (AvgIpc) is 3.19. The second kappa shape index (κ2) is 8.35. The van der Waals surface area contributed by atoms with Gasteiger partial charge >= 0.3 is 0 Å². The van der Waals surface area contributed by atoms with Crippen molar-refractivity contribution < 1.29 is 4.79 Å². The molecule has 2 saturated heterocycles. The van der Waals surface area contributed by atoms with Crippen LogP contribution in [0.1, 0.15) is 39.0 Å². The molecule has 0 unspecified atom stereocenters. The van der Waals surface area contributed by atoms with Crippen molar-refractivity contribution in [2.24, 2.45) is 0 Å². The Balaban J connectivity index is 1.42. The molecule has 0 radical (unpaired) electrons. The van der Waals surface area contributed by atoms with E-state index < -0.39 is 0 Å². The summed E-state index contributed by atoms with van der Waals surface area (Å²) in [6.45, 7) is 6.15. The van der Waals surface area contributed by atoms with Crippen molar-refractivity contribution in [3.05, 3.63) is 24.3 Å². The quantitative estimate of drug-likeness (QED) is 0.871. The number of likely N-dealkylation sites (tertiary alicyclic amines) is 1. The lowest BCUT2D eigenvalue weighted by Gasteiger charge is -2.40. The van der Waals surface area contributed by atoms with Crippen LogP contribution in [0.5, 0.6) is 0 Å². The van der Waals surface area contributed by atoms with E-state index in [1.165, 1.54) is 63.6 Å². The zero-order valence-corrected chi connectivity index (χ0v) is 16.7. The molecule has 0 bridgehead atoms. The predicted octanol–water partition coefficient (Wildman–Crippen LogP) is 3.62. The standard InChI is InChI=1S/C20H27N5OS/c1-15(26)21-18-8-4-3-7-17(18)19-22-20(27-23-19)25-13-9-16(10-14-25)24-11-5-2-6-12-24/h3-4,7-8,16H,2,5-6,9-14H2,1H3,(H,21,26). The van der Waals surface area contributed by atoms with Crippen molar-refractivity contribution >= 4 is 28.3 Å². The third kappa shape index (κ3) is 4.30. The maximum atomic E-state index is 11.4. The minimum absolute atomic E-state index is 0.0855. The van der Waals surface area contributed by atoms with Crippen LogP contribution in [-0.2, 0) is 4.79 Å². The lowest BCUT2D eigenvalue weighted by molar-refractivity contribution is -0.114. The van der Waals surface area contributed by atoms with Crippen LogP contribution in [0.25, 0.3) is 11.4 Å². The molecule has 1 aromatic heterocycles. The largest absolute Gasteiger partial charge is 0.347 e. The molecular weight excluding hydrogens is 358 g/mol. The van der Waals surface area contributed by atoms with Gasteiger partial charge in [0.15, 0.2) is 5.82 Å². The first-order valence-electron chi connectivity index (χ1n) is 9.90. The van der Waals surface area contributed by atoms with Crippen molar-refractivity contribution in [1.82, 2.24) is 14.3 Å².